The molecule has 4 nitrogen and oxygen atoms in total. The zero-order chi connectivity index (χ0) is 16.0. The van der Waals surface area contributed by atoms with Crippen molar-refractivity contribution in [2.24, 2.45) is 0 Å². The average molecular weight is 373 g/mol. The van der Waals surface area contributed by atoms with Crippen LogP contribution in [0.4, 0.5) is 0 Å². The fourth-order valence-electron chi connectivity index (χ4n) is 3.38. The summed E-state index contributed by atoms with van der Waals surface area (Å²) in [5, 5.41) is 14.9. The third-order valence-corrected chi connectivity index (χ3v) is 5.07. The van der Waals surface area contributed by atoms with Crippen LogP contribution in [0, 0.1) is 0 Å². The molecule has 0 radical (unpaired) electrons. The summed E-state index contributed by atoms with van der Waals surface area (Å²) >= 11 is 3.41. The van der Waals surface area contributed by atoms with Crippen LogP contribution in [0.25, 0.3) is 10.9 Å². The van der Waals surface area contributed by atoms with E-state index in [0.717, 1.165) is 24.0 Å². The number of aromatic amines is 1. The number of hydrogen-bond acceptors (Lipinski definition) is 3. The summed E-state index contributed by atoms with van der Waals surface area (Å²) in [6.07, 6.45) is 1.01. The highest BCUT2D eigenvalue weighted by Gasteiger charge is 2.26. The molecule has 0 amide bonds. The lowest BCUT2D eigenvalue weighted by Crippen LogP contribution is -2.30. The van der Waals surface area contributed by atoms with Crippen LogP contribution in [0.1, 0.15) is 22.9 Å². The van der Waals surface area contributed by atoms with Gasteiger partial charge < -0.3 is 20.1 Å². The molecule has 0 saturated carbocycles. The van der Waals surface area contributed by atoms with E-state index in [0.29, 0.717) is 10.2 Å². The predicted molar refractivity (Wildman–Crippen MR) is 94.2 cm³/mol. The number of phenolic OH excluding ortho intramolecular Hbond substituents is 1. The minimum Gasteiger partial charge on any atom is -0.503 e. The number of hydrogen-bond donors (Lipinski definition) is 3. The van der Waals surface area contributed by atoms with E-state index in [1.165, 1.54) is 16.6 Å². The number of aromatic nitrogens is 1. The SMILES string of the molecule is COc1cc(C2NCCc3c2[nH]c2ccccc32)cc(Br)c1O. The van der Waals surface area contributed by atoms with E-state index < -0.39 is 0 Å². The highest BCUT2D eigenvalue weighted by molar-refractivity contribution is 9.10. The van der Waals surface area contributed by atoms with E-state index in [1.807, 2.05) is 18.2 Å². The largest absolute Gasteiger partial charge is 0.503 e. The monoisotopic (exact) mass is 372 g/mol. The first-order valence-electron chi connectivity index (χ1n) is 7.58. The molecular formula is C18H17BrN2O2. The Hall–Kier alpha value is -1.98. The van der Waals surface area contributed by atoms with Gasteiger partial charge in [0.25, 0.3) is 0 Å². The van der Waals surface area contributed by atoms with Gasteiger partial charge in [-0.15, -0.1) is 0 Å². The molecule has 4 rings (SSSR count). The number of rotatable bonds is 2. The van der Waals surface area contributed by atoms with Gasteiger partial charge in [-0.1, -0.05) is 18.2 Å². The Morgan fingerprint density at radius 3 is 2.91 bits per heavy atom. The maximum Gasteiger partial charge on any atom is 0.172 e. The van der Waals surface area contributed by atoms with Gasteiger partial charge in [0.05, 0.1) is 17.6 Å². The van der Waals surface area contributed by atoms with E-state index in [9.17, 15) is 5.11 Å². The van der Waals surface area contributed by atoms with Crippen molar-refractivity contribution >= 4 is 26.8 Å². The van der Waals surface area contributed by atoms with Gasteiger partial charge >= 0.3 is 0 Å². The number of halogens is 1. The minimum absolute atomic E-state index is 0.0527. The van der Waals surface area contributed by atoms with E-state index in [-0.39, 0.29) is 11.8 Å². The van der Waals surface area contributed by atoms with Crippen LogP contribution < -0.4 is 10.1 Å². The Morgan fingerprint density at radius 2 is 2.09 bits per heavy atom. The van der Waals surface area contributed by atoms with E-state index >= 15 is 0 Å². The smallest absolute Gasteiger partial charge is 0.172 e. The number of para-hydroxylation sites is 1. The Labute approximate surface area is 142 Å². The Kier molecular flexibility index (Phi) is 3.54. The van der Waals surface area contributed by atoms with Gasteiger partial charge in [0.15, 0.2) is 11.5 Å². The summed E-state index contributed by atoms with van der Waals surface area (Å²) < 4.78 is 5.92. The summed E-state index contributed by atoms with van der Waals surface area (Å²) in [7, 11) is 1.56. The number of benzene rings is 2. The zero-order valence-corrected chi connectivity index (χ0v) is 14.3. The lowest BCUT2D eigenvalue weighted by atomic mass is 9.94. The summed E-state index contributed by atoms with van der Waals surface area (Å²) in [5.74, 6) is 0.600. The molecule has 0 spiro atoms. The van der Waals surface area contributed by atoms with Crippen LogP contribution in [0.15, 0.2) is 40.9 Å². The molecule has 2 heterocycles. The molecule has 0 bridgehead atoms. The quantitative estimate of drug-likeness (QED) is 0.639. The highest BCUT2D eigenvalue weighted by Crippen LogP contribution is 2.40. The van der Waals surface area contributed by atoms with Gasteiger partial charge in [-0.3, -0.25) is 0 Å². The van der Waals surface area contributed by atoms with Gasteiger partial charge in [-0.2, -0.15) is 0 Å². The number of nitrogens with one attached hydrogen (secondary N) is 2. The van der Waals surface area contributed by atoms with Gasteiger partial charge in [0.1, 0.15) is 0 Å². The average Bonchev–Trinajstić information content (AvgIpc) is 2.96. The molecular weight excluding hydrogens is 356 g/mol. The van der Waals surface area contributed by atoms with E-state index in [2.05, 4.69) is 44.4 Å². The second kappa shape index (κ2) is 5.58. The number of methoxy groups -OCH3 is 1. The van der Waals surface area contributed by atoms with Gasteiger partial charge in [0.2, 0.25) is 0 Å². The van der Waals surface area contributed by atoms with Gasteiger partial charge in [-0.25, -0.2) is 0 Å². The number of H-pyrrole nitrogens is 1. The standard InChI is InChI=1S/C18H17BrN2O2/c1-23-15-9-10(8-13(19)18(15)22)16-17-12(6-7-20-16)11-4-2-3-5-14(11)21-17/h2-5,8-9,16,20-22H,6-7H2,1H3. The minimum atomic E-state index is 0.0527. The van der Waals surface area contributed by atoms with E-state index in [1.54, 1.807) is 7.11 Å². The Bertz CT molecular complexity index is 888. The number of ether oxygens (including phenoxy) is 1. The maximum atomic E-state index is 10.0. The fraction of sp³-hybridized carbons (Fsp3) is 0.222. The van der Waals surface area contributed by atoms with Crippen molar-refractivity contribution in [3.8, 4) is 11.5 Å². The van der Waals surface area contributed by atoms with Crippen molar-refractivity contribution in [2.75, 3.05) is 13.7 Å². The van der Waals surface area contributed by atoms with Gasteiger partial charge in [-0.05, 0) is 51.7 Å². The van der Waals surface area contributed by atoms with Crippen molar-refractivity contribution in [3.63, 3.8) is 0 Å². The molecule has 23 heavy (non-hydrogen) atoms. The molecule has 1 aromatic heterocycles. The second-order valence-corrected chi connectivity index (χ2v) is 6.61. The molecule has 1 atom stereocenters. The van der Waals surface area contributed by atoms with Crippen molar-refractivity contribution in [3.05, 3.63) is 57.7 Å². The molecule has 3 N–H and O–H groups in total. The lowest BCUT2D eigenvalue weighted by Gasteiger charge is -2.25. The highest BCUT2D eigenvalue weighted by atomic mass is 79.9. The fourth-order valence-corrected chi connectivity index (χ4v) is 3.84. The van der Waals surface area contributed by atoms with Crippen molar-refractivity contribution < 1.29 is 9.84 Å². The molecule has 0 fully saturated rings. The van der Waals surface area contributed by atoms with Crippen LogP contribution in [0.2, 0.25) is 0 Å². The van der Waals surface area contributed by atoms with Crippen molar-refractivity contribution in [1.82, 2.24) is 10.3 Å². The molecule has 2 aromatic carbocycles. The normalized spacial score (nSPS) is 17.2. The molecule has 3 aromatic rings. The van der Waals surface area contributed by atoms with Crippen LogP contribution >= 0.6 is 15.9 Å². The summed E-state index contributed by atoms with van der Waals surface area (Å²) in [4.78, 5) is 3.56. The van der Waals surface area contributed by atoms with Crippen LogP contribution in [-0.2, 0) is 6.42 Å². The Balaban J connectivity index is 1.88. The number of phenols is 1. The first-order valence-corrected chi connectivity index (χ1v) is 8.37. The first kappa shape index (κ1) is 14.6. The summed E-state index contributed by atoms with van der Waals surface area (Å²) in [6.45, 7) is 0.917. The van der Waals surface area contributed by atoms with Crippen LogP contribution in [0.3, 0.4) is 0 Å². The molecule has 0 aliphatic carbocycles. The first-order chi connectivity index (χ1) is 11.2. The lowest BCUT2D eigenvalue weighted by molar-refractivity contribution is 0.370. The molecule has 1 aliphatic rings. The van der Waals surface area contributed by atoms with Crippen molar-refractivity contribution in [2.45, 2.75) is 12.5 Å². The summed E-state index contributed by atoms with van der Waals surface area (Å²) in [5.41, 5.74) is 4.78. The second-order valence-electron chi connectivity index (χ2n) is 5.75. The number of aromatic hydroxyl groups is 1. The topological polar surface area (TPSA) is 57.3 Å². The molecule has 0 saturated heterocycles. The van der Waals surface area contributed by atoms with Crippen LogP contribution in [-0.4, -0.2) is 23.7 Å². The molecule has 1 aliphatic heterocycles. The summed E-state index contributed by atoms with van der Waals surface area (Å²) in [6, 6.07) is 12.3. The maximum absolute atomic E-state index is 10.0. The Morgan fingerprint density at radius 1 is 1.26 bits per heavy atom. The molecule has 5 heteroatoms. The number of fused-ring (bicyclic) bond motifs is 3. The molecule has 118 valence electrons. The third kappa shape index (κ3) is 2.31. The molecule has 1 unspecified atom stereocenters. The predicted octanol–water partition coefficient (Wildman–Crippen LogP) is 3.88. The van der Waals surface area contributed by atoms with Crippen molar-refractivity contribution in [1.29, 1.82) is 0 Å². The third-order valence-electron chi connectivity index (χ3n) is 4.46. The van der Waals surface area contributed by atoms with Crippen LogP contribution in [0.5, 0.6) is 11.5 Å². The zero-order valence-electron chi connectivity index (χ0n) is 12.7. The van der Waals surface area contributed by atoms with Gasteiger partial charge in [0, 0.05) is 23.1 Å². The van der Waals surface area contributed by atoms with E-state index in [4.69, 9.17) is 4.74 Å².